The van der Waals surface area contributed by atoms with Crippen LogP contribution in [0.25, 0.3) is 32.9 Å². The summed E-state index contributed by atoms with van der Waals surface area (Å²) < 4.78 is 31.2. The van der Waals surface area contributed by atoms with Crippen molar-refractivity contribution in [1.82, 2.24) is 24.1 Å². The van der Waals surface area contributed by atoms with E-state index in [0.717, 1.165) is 53.0 Å². The first-order valence-corrected chi connectivity index (χ1v) is 20.8. The van der Waals surface area contributed by atoms with E-state index in [2.05, 4.69) is 44.3 Å². The number of nitriles is 1. The number of hydrogen-bond acceptors (Lipinski definition) is 8. The molecule has 5 aromatic rings. The van der Waals surface area contributed by atoms with Gasteiger partial charge in [-0.2, -0.15) is 9.64 Å². The first-order valence-electron chi connectivity index (χ1n) is 19.3. The molecule has 2 aromatic carbocycles. The van der Waals surface area contributed by atoms with Gasteiger partial charge >= 0.3 is 0 Å². The minimum absolute atomic E-state index is 0.00858. The van der Waals surface area contributed by atoms with Crippen molar-refractivity contribution in [2.45, 2.75) is 109 Å². The number of nitrogens with one attached hydrogen (secondary N) is 1. The Balaban J connectivity index is 1.28. The molecule has 1 amide bonds. The van der Waals surface area contributed by atoms with Gasteiger partial charge in [-0.15, -0.1) is 0 Å². The second-order valence-electron chi connectivity index (χ2n) is 15.9. The van der Waals surface area contributed by atoms with Crippen LogP contribution in [-0.2, 0) is 16.0 Å². The van der Waals surface area contributed by atoms with Gasteiger partial charge in [0.15, 0.2) is 5.82 Å². The lowest BCUT2D eigenvalue weighted by Crippen LogP contribution is -2.43. The molecule has 3 aliphatic heterocycles. The Morgan fingerprint density at radius 2 is 2.00 bits per heavy atom. The van der Waals surface area contributed by atoms with E-state index in [-0.39, 0.29) is 77.1 Å². The maximum absolute atomic E-state index is 17.4. The topological polar surface area (TPSA) is 116 Å². The molecule has 2 saturated carbocycles. The lowest BCUT2D eigenvalue weighted by molar-refractivity contribution is -0.137. The highest BCUT2D eigenvalue weighted by Gasteiger charge is 2.52. The third kappa shape index (κ3) is 6.07. The molecule has 5 fully saturated rings. The maximum Gasteiger partial charge on any atom is 0.226 e. The molecule has 8 atom stereocenters. The van der Waals surface area contributed by atoms with Gasteiger partial charge in [0.1, 0.15) is 5.52 Å². The number of halogens is 3. The summed E-state index contributed by atoms with van der Waals surface area (Å²) in [4.78, 5) is 22.4. The molecule has 9 nitrogen and oxygen atoms in total. The fraction of sp³-hybridized carbons (Fsp3) is 0.476. The number of nitrogens with zero attached hydrogens (tertiary/aromatic N) is 5. The summed E-state index contributed by atoms with van der Waals surface area (Å²) in [6.45, 7) is 8.65. The van der Waals surface area contributed by atoms with Gasteiger partial charge in [-0.3, -0.25) is 4.79 Å². The summed E-state index contributed by atoms with van der Waals surface area (Å²) in [5.41, 5.74) is 4.37. The van der Waals surface area contributed by atoms with E-state index in [9.17, 15) is 15.2 Å². The van der Waals surface area contributed by atoms with Crippen molar-refractivity contribution in [3.8, 4) is 17.2 Å². The first-order chi connectivity index (χ1) is 26.5. The van der Waals surface area contributed by atoms with Gasteiger partial charge in [-0.05, 0) is 101 Å². The van der Waals surface area contributed by atoms with Crippen LogP contribution in [0.4, 0.5) is 4.39 Å². The number of rotatable bonds is 10. The molecule has 3 saturated heterocycles. The number of aryl methyl sites for hydroxylation is 2. The van der Waals surface area contributed by atoms with Crippen molar-refractivity contribution in [3.63, 3.8) is 0 Å². The van der Waals surface area contributed by atoms with Crippen LogP contribution in [0.2, 0.25) is 10.0 Å². The summed E-state index contributed by atoms with van der Waals surface area (Å²) in [6, 6.07) is 13.2. The fourth-order valence-corrected chi connectivity index (χ4v) is 10.5. The molecule has 2 bridgehead atoms. The third-order valence-corrected chi connectivity index (χ3v) is 13.9. The molecule has 0 radical (unpaired) electrons. The predicted octanol–water partition coefficient (Wildman–Crippen LogP) is 9.33. The number of pyridine rings is 1. The van der Waals surface area contributed by atoms with Gasteiger partial charge in [0.05, 0.1) is 69.5 Å². The maximum atomic E-state index is 17.4. The molecule has 2 unspecified atom stereocenters. The van der Waals surface area contributed by atoms with Crippen molar-refractivity contribution >= 4 is 62.4 Å². The van der Waals surface area contributed by atoms with Crippen LogP contribution in [0.3, 0.4) is 0 Å². The number of aliphatic hydroxyl groups is 1. The van der Waals surface area contributed by atoms with E-state index in [1.165, 1.54) is 11.5 Å². The summed E-state index contributed by atoms with van der Waals surface area (Å²) >= 11 is 14.6. The average molecular weight is 802 g/mol. The molecular formula is C42H43Cl2FN6O3S. The van der Waals surface area contributed by atoms with Crippen LogP contribution < -0.4 is 5.32 Å². The number of carbonyl (C=O) groups is 1. The largest absolute Gasteiger partial charge is 0.387 e. The van der Waals surface area contributed by atoms with Gasteiger partial charge in [0, 0.05) is 63.8 Å². The summed E-state index contributed by atoms with van der Waals surface area (Å²) in [7, 11) is 0. The van der Waals surface area contributed by atoms with Crippen LogP contribution in [0.5, 0.6) is 0 Å². The van der Waals surface area contributed by atoms with E-state index in [1.54, 1.807) is 25.1 Å². The standard InChI is InChI=1S/C42H43Cl2FN6O3S/c1-19-13-30(49-55-19)22(4)54-34-17-33(50(20(34)2)42(53)23-10-11-23)32-16-28-38(21(3)52)48-39-27(41(28)51(32)40-25-15-31(40)47-18-25)14-24(7-6-12-46)35(37(39)45)26-8-5-9-29(43)36(26)44/h5,8-9,13-14,16,20-23,25,31,33-34,40,47,52H,6-7,10-11,15,17-18H2,1-4H3/t20-,21?,22?,25-,31-,33-,34+,40+/m1/s1. The van der Waals surface area contributed by atoms with E-state index in [4.69, 9.17) is 32.9 Å². The van der Waals surface area contributed by atoms with Crippen molar-refractivity contribution in [2.24, 2.45) is 11.8 Å². The predicted molar refractivity (Wildman–Crippen MR) is 213 cm³/mol. The molecular weight excluding hydrogens is 758 g/mol. The summed E-state index contributed by atoms with van der Waals surface area (Å²) in [5.74, 6) is -0.108. The van der Waals surface area contributed by atoms with E-state index < -0.39 is 11.9 Å². The monoisotopic (exact) mass is 800 g/mol. The van der Waals surface area contributed by atoms with Gasteiger partial charge in [0.2, 0.25) is 5.91 Å². The Bertz CT molecular complexity index is 2390. The van der Waals surface area contributed by atoms with E-state index >= 15 is 4.39 Å². The molecule has 55 heavy (non-hydrogen) atoms. The zero-order chi connectivity index (χ0) is 38.4. The minimum Gasteiger partial charge on any atom is -0.387 e. The highest BCUT2D eigenvalue weighted by Crippen LogP contribution is 2.52. The Kier molecular flexibility index (Phi) is 9.47. The quantitative estimate of drug-likeness (QED) is 0.145. The smallest absolute Gasteiger partial charge is 0.226 e. The number of benzene rings is 2. The molecule has 2 N–H and O–H groups in total. The Morgan fingerprint density at radius 1 is 1.20 bits per heavy atom. The third-order valence-electron chi connectivity index (χ3n) is 12.4. The number of carbonyl (C=O) groups excluding carboxylic acids is 1. The minimum atomic E-state index is -1.02. The highest BCUT2D eigenvalue weighted by molar-refractivity contribution is 7.05. The van der Waals surface area contributed by atoms with Crippen LogP contribution in [0.15, 0.2) is 36.4 Å². The van der Waals surface area contributed by atoms with Gasteiger partial charge < -0.3 is 24.6 Å². The van der Waals surface area contributed by atoms with E-state index in [0.29, 0.717) is 39.6 Å². The molecule has 13 heteroatoms. The first kappa shape index (κ1) is 37.0. The Morgan fingerprint density at radius 3 is 2.65 bits per heavy atom. The number of amides is 1. The fourth-order valence-electron chi connectivity index (χ4n) is 9.52. The Labute approximate surface area is 333 Å². The number of aliphatic hydroxyl groups excluding tert-OH is 1. The number of ether oxygens (including phenoxy) is 1. The van der Waals surface area contributed by atoms with Crippen LogP contribution in [-0.4, -0.2) is 54.6 Å². The van der Waals surface area contributed by atoms with Crippen molar-refractivity contribution in [3.05, 3.63) is 79.8 Å². The normalized spacial score (nSPS) is 25.8. The zero-order valence-corrected chi connectivity index (χ0v) is 33.5. The molecule has 6 heterocycles. The highest BCUT2D eigenvalue weighted by atomic mass is 35.5. The van der Waals surface area contributed by atoms with Crippen molar-refractivity contribution < 1.29 is 19.0 Å². The molecule has 0 spiro atoms. The van der Waals surface area contributed by atoms with Crippen molar-refractivity contribution in [1.29, 1.82) is 5.26 Å². The number of aromatic nitrogens is 3. The summed E-state index contributed by atoms with van der Waals surface area (Å²) in [6.07, 6.45) is 2.28. The number of likely N-dealkylation sites (tertiary alicyclic amines) is 1. The molecule has 10 rings (SSSR count). The SMILES string of the molecule is Cc1cc(C(C)O[C@H]2C[C@H](c3cc4c(C(C)O)nc5c(F)c(-c6cccc(Cl)c6Cl)c(CCC#N)cc5c4n3[C@H]3[C@H]4CN[C@@H]3C4)N(C(=O)C3CC3)[C@@H]2C)ns1. The molecule has 286 valence electrons. The van der Waals surface area contributed by atoms with Gasteiger partial charge in [-0.1, -0.05) is 35.3 Å². The molecule has 2 aliphatic carbocycles. The van der Waals surface area contributed by atoms with Crippen LogP contribution >= 0.6 is 34.7 Å². The number of hydrogen-bond donors (Lipinski definition) is 2. The average Bonchev–Trinajstić information content (AvgIpc) is 3.53. The van der Waals surface area contributed by atoms with Crippen LogP contribution in [0.1, 0.15) is 105 Å². The van der Waals surface area contributed by atoms with Crippen molar-refractivity contribution in [2.75, 3.05) is 6.54 Å². The lowest BCUT2D eigenvalue weighted by atomic mass is 9.79. The zero-order valence-electron chi connectivity index (χ0n) is 31.2. The van der Waals surface area contributed by atoms with Crippen LogP contribution in [0, 0.1) is 35.9 Å². The Hall–Kier alpha value is -3.63. The second kappa shape index (κ2) is 14.1. The number of fused-ring (bicyclic) bond motifs is 4. The van der Waals surface area contributed by atoms with Gasteiger partial charge in [-0.25, -0.2) is 9.37 Å². The molecule has 5 aliphatic rings. The lowest BCUT2D eigenvalue weighted by Gasteiger charge is -2.39. The second-order valence-corrected chi connectivity index (χ2v) is 17.7. The van der Waals surface area contributed by atoms with Gasteiger partial charge in [0.25, 0.3) is 0 Å². The summed E-state index contributed by atoms with van der Waals surface area (Å²) in [5, 5.41) is 26.5. The molecule has 3 aromatic heterocycles. The van der Waals surface area contributed by atoms with E-state index in [1.807, 2.05) is 19.9 Å².